The maximum absolute atomic E-state index is 11.9. The number of hydrogen-bond donors (Lipinski definition) is 0. The zero-order chi connectivity index (χ0) is 11.6. The predicted octanol–water partition coefficient (Wildman–Crippen LogP) is 1.72. The average Bonchev–Trinajstić information content (AvgIpc) is 2.39. The van der Waals surface area contributed by atoms with Gasteiger partial charge in [-0.05, 0) is 29.9 Å². The summed E-state index contributed by atoms with van der Waals surface area (Å²) in [5.74, 6) is -1.01. The number of ketones is 2. The number of carbonyl (C=O) groups is 3. The molecule has 0 unspecified atom stereocenters. The van der Waals surface area contributed by atoms with Crippen molar-refractivity contribution in [2.24, 2.45) is 16.2 Å². The van der Waals surface area contributed by atoms with Crippen LogP contribution in [0.4, 0.5) is 0 Å². The topological polar surface area (TPSA) is 51.2 Å². The molecule has 3 nitrogen and oxygen atoms in total. The summed E-state index contributed by atoms with van der Waals surface area (Å²) in [6.07, 6.45) is 0.979. The molecule has 0 aromatic rings. The van der Waals surface area contributed by atoms with Gasteiger partial charge in [0.25, 0.3) is 0 Å². The first-order valence-electron chi connectivity index (χ1n) is 5.01. The Morgan fingerprint density at radius 1 is 1.13 bits per heavy atom. The highest BCUT2D eigenvalue weighted by molar-refractivity contribution is 6.70. The maximum atomic E-state index is 11.9. The summed E-state index contributed by atoms with van der Waals surface area (Å²) in [5, 5.41) is -0.674. The number of fused-ring (bicyclic) bond motifs is 2. The van der Waals surface area contributed by atoms with Crippen molar-refractivity contribution in [1.29, 1.82) is 0 Å². The van der Waals surface area contributed by atoms with Crippen LogP contribution in [0.5, 0.6) is 0 Å². The van der Waals surface area contributed by atoms with E-state index in [4.69, 9.17) is 11.6 Å². The lowest BCUT2D eigenvalue weighted by molar-refractivity contribution is -0.146. The molecule has 0 spiro atoms. The van der Waals surface area contributed by atoms with Gasteiger partial charge >= 0.3 is 0 Å². The number of halogens is 1. The number of Topliss-reactive ketones (excluding diaryl/α,β-unsaturated/α-hetero) is 2. The van der Waals surface area contributed by atoms with Crippen molar-refractivity contribution in [3.8, 4) is 0 Å². The Morgan fingerprint density at radius 3 is 1.93 bits per heavy atom. The lowest BCUT2D eigenvalue weighted by Crippen LogP contribution is -2.42. The first-order valence-corrected chi connectivity index (χ1v) is 5.39. The molecular weight excluding hydrogens is 216 g/mol. The third-order valence-corrected chi connectivity index (χ3v) is 5.20. The molecule has 2 bridgehead atoms. The van der Waals surface area contributed by atoms with Crippen LogP contribution in [0.25, 0.3) is 0 Å². The molecule has 4 heteroatoms. The minimum absolute atomic E-state index is 0.406. The molecule has 15 heavy (non-hydrogen) atoms. The lowest BCUT2D eigenvalue weighted by Gasteiger charge is -2.35. The van der Waals surface area contributed by atoms with E-state index in [1.807, 2.05) is 0 Å². The zero-order valence-corrected chi connectivity index (χ0v) is 9.77. The Hall–Kier alpha value is -0.700. The summed E-state index contributed by atoms with van der Waals surface area (Å²) < 4.78 is 0. The van der Waals surface area contributed by atoms with Gasteiger partial charge in [0, 0.05) is 5.41 Å². The number of carbonyl (C=O) groups excluding carboxylic acids is 3. The summed E-state index contributed by atoms with van der Waals surface area (Å²) in [7, 11) is 0. The van der Waals surface area contributed by atoms with Gasteiger partial charge in [0.15, 0.2) is 0 Å². The molecule has 2 aliphatic carbocycles. The second-order valence-corrected chi connectivity index (χ2v) is 5.64. The third kappa shape index (κ3) is 0.792. The first kappa shape index (κ1) is 10.8. The van der Waals surface area contributed by atoms with E-state index >= 15 is 0 Å². The summed E-state index contributed by atoms with van der Waals surface area (Å²) >= 11 is 5.56. The van der Waals surface area contributed by atoms with Crippen LogP contribution < -0.4 is 0 Å². The smallest absolute Gasteiger partial charge is 0.236 e. The molecule has 2 fully saturated rings. The molecule has 0 aliphatic heterocycles. The summed E-state index contributed by atoms with van der Waals surface area (Å²) in [6, 6.07) is 0. The maximum Gasteiger partial charge on any atom is 0.236 e. The molecule has 82 valence electrons. The van der Waals surface area contributed by atoms with Crippen LogP contribution in [-0.2, 0) is 14.4 Å². The molecule has 2 rings (SSSR count). The van der Waals surface area contributed by atoms with Gasteiger partial charge in [-0.3, -0.25) is 14.4 Å². The molecule has 0 radical (unpaired) electrons. The largest absolute Gasteiger partial charge is 0.290 e. The standard InChI is InChI=1S/C11H13ClO3/c1-9(2)10(3)4-5-11(9,8(12)15)7(14)6(10)13/h4-5H2,1-3H3/t10-,11+/m0/s1. The SMILES string of the molecule is CC1(C)[C@]2(C(=O)Cl)CC[C@@]1(C)C(=O)C2=O. The van der Waals surface area contributed by atoms with E-state index in [9.17, 15) is 14.4 Å². The molecule has 0 amide bonds. The van der Waals surface area contributed by atoms with Crippen molar-refractivity contribution >= 4 is 28.4 Å². The van der Waals surface area contributed by atoms with Crippen molar-refractivity contribution in [2.75, 3.05) is 0 Å². The number of rotatable bonds is 1. The lowest BCUT2D eigenvalue weighted by atomic mass is 9.65. The van der Waals surface area contributed by atoms with Crippen molar-refractivity contribution < 1.29 is 14.4 Å². The van der Waals surface area contributed by atoms with Crippen molar-refractivity contribution in [3.05, 3.63) is 0 Å². The Kier molecular flexibility index (Phi) is 1.81. The van der Waals surface area contributed by atoms with Crippen molar-refractivity contribution in [2.45, 2.75) is 33.6 Å². The molecular formula is C11H13ClO3. The minimum Gasteiger partial charge on any atom is -0.290 e. The monoisotopic (exact) mass is 228 g/mol. The Balaban J connectivity index is 2.73. The quantitative estimate of drug-likeness (QED) is 0.390. The fourth-order valence-corrected chi connectivity index (χ4v) is 3.62. The summed E-state index contributed by atoms with van der Waals surface area (Å²) in [6.45, 7) is 5.36. The Morgan fingerprint density at radius 2 is 1.67 bits per heavy atom. The van der Waals surface area contributed by atoms with Crippen LogP contribution in [0.3, 0.4) is 0 Å². The second-order valence-electron chi connectivity index (χ2n) is 5.29. The van der Waals surface area contributed by atoms with Crippen LogP contribution in [-0.4, -0.2) is 16.8 Å². The highest BCUT2D eigenvalue weighted by Gasteiger charge is 2.77. The molecule has 0 heterocycles. The molecule has 0 aromatic heterocycles. The van der Waals surface area contributed by atoms with E-state index in [0.717, 1.165) is 0 Å². The highest BCUT2D eigenvalue weighted by atomic mass is 35.5. The van der Waals surface area contributed by atoms with Crippen LogP contribution in [0.15, 0.2) is 0 Å². The highest BCUT2D eigenvalue weighted by Crippen LogP contribution is 2.69. The molecule has 0 N–H and O–H groups in total. The van der Waals surface area contributed by atoms with Gasteiger partial charge in [-0.15, -0.1) is 0 Å². The molecule has 0 aromatic carbocycles. The van der Waals surface area contributed by atoms with Crippen LogP contribution in [0.1, 0.15) is 33.6 Å². The van der Waals surface area contributed by atoms with E-state index in [-0.39, 0.29) is 0 Å². The van der Waals surface area contributed by atoms with Crippen molar-refractivity contribution in [1.82, 2.24) is 0 Å². The van der Waals surface area contributed by atoms with Gasteiger partial charge < -0.3 is 0 Å². The Bertz CT molecular complexity index is 399. The number of hydrogen-bond acceptors (Lipinski definition) is 3. The molecule has 2 aliphatic rings. The van der Waals surface area contributed by atoms with Gasteiger partial charge in [0.2, 0.25) is 16.8 Å². The van der Waals surface area contributed by atoms with Gasteiger partial charge in [0.05, 0.1) is 0 Å². The van der Waals surface area contributed by atoms with Gasteiger partial charge in [-0.25, -0.2) is 0 Å². The molecule has 2 saturated carbocycles. The normalized spacial score (nSPS) is 42.4. The van der Waals surface area contributed by atoms with Gasteiger partial charge in [-0.1, -0.05) is 20.8 Å². The average molecular weight is 229 g/mol. The Labute approximate surface area is 93.2 Å². The fraction of sp³-hybridized carbons (Fsp3) is 0.727. The van der Waals surface area contributed by atoms with Crippen LogP contribution >= 0.6 is 11.6 Å². The zero-order valence-electron chi connectivity index (χ0n) is 9.02. The first-order chi connectivity index (χ1) is 6.72. The van der Waals surface area contributed by atoms with Gasteiger partial charge in [-0.2, -0.15) is 0 Å². The summed E-state index contributed by atoms with van der Waals surface area (Å²) in [5.41, 5.74) is -2.64. The minimum atomic E-state index is -1.26. The second kappa shape index (κ2) is 2.51. The van der Waals surface area contributed by atoms with Gasteiger partial charge in [0.1, 0.15) is 5.41 Å². The predicted molar refractivity (Wildman–Crippen MR) is 54.4 cm³/mol. The van der Waals surface area contributed by atoms with E-state index in [1.54, 1.807) is 20.8 Å². The molecule has 0 saturated heterocycles. The fourth-order valence-electron chi connectivity index (χ4n) is 3.21. The van der Waals surface area contributed by atoms with E-state index in [1.165, 1.54) is 0 Å². The third-order valence-electron chi connectivity index (χ3n) is 4.88. The van der Waals surface area contributed by atoms with Crippen LogP contribution in [0, 0.1) is 16.2 Å². The molecule has 2 atom stereocenters. The summed E-state index contributed by atoms with van der Waals surface area (Å²) in [4.78, 5) is 35.3. The van der Waals surface area contributed by atoms with Crippen molar-refractivity contribution in [3.63, 3.8) is 0 Å². The van der Waals surface area contributed by atoms with Crippen LogP contribution in [0.2, 0.25) is 0 Å². The van der Waals surface area contributed by atoms with E-state index < -0.39 is 33.1 Å². The van der Waals surface area contributed by atoms with E-state index in [0.29, 0.717) is 12.8 Å². The van der Waals surface area contributed by atoms with E-state index in [2.05, 4.69) is 0 Å².